The summed E-state index contributed by atoms with van der Waals surface area (Å²) in [7, 11) is 2.16. The van der Waals surface area contributed by atoms with E-state index in [0.717, 1.165) is 24.0 Å². The largest absolute Gasteiger partial charge is 0.396 e. The molecule has 106 valence electrons. The Hall–Kier alpha value is -0.580. The molecule has 1 aromatic rings. The van der Waals surface area contributed by atoms with Gasteiger partial charge in [-0.25, -0.2) is 0 Å². The van der Waals surface area contributed by atoms with Gasteiger partial charge in [0.05, 0.1) is 5.69 Å². The quantitative estimate of drug-likeness (QED) is 0.925. The van der Waals surface area contributed by atoms with E-state index in [0.29, 0.717) is 6.04 Å². The molecule has 1 aliphatic heterocycles. The maximum Gasteiger partial charge on any atom is 0.0511 e. The van der Waals surface area contributed by atoms with Gasteiger partial charge < -0.3 is 10.0 Å². The summed E-state index contributed by atoms with van der Waals surface area (Å²) in [6, 6.07) is 8.75. The van der Waals surface area contributed by atoms with Crippen molar-refractivity contribution < 1.29 is 5.11 Å². The van der Waals surface area contributed by atoms with Crippen LogP contribution >= 0.6 is 15.9 Å². The molecule has 3 nitrogen and oxygen atoms in total. The van der Waals surface area contributed by atoms with E-state index in [9.17, 15) is 5.11 Å². The smallest absolute Gasteiger partial charge is 0.0511 e. The first-order valence-electron chi connectivity index (χ1n) is 6.79. The molecule has 1 fully saturated rings. The van der Waals surface area contributed by atoms with Gasteiger partial charge in [-0.2, -0.15) is 0 Å². The number of hydrogen-bond donors (Lipinski definition) is 1. The third-order valence-electron chi connectivity index (χ3n) is 4.17. The second-order valence-corrected chi connectivity index (χ2v) is 6.78. The molecule has 0 saturated carbocycles. The minimum Gasteiger partial charge on any atom is -0.396 e. The topological polar surface area (TPSA) is 26.7 Å². The van der Waals surface area contributed by atoms with Gasteiger partial charge in [-0.15, -0.1) is 0 Å². The number of likely N-dealkylation sites (N-methyl/N-ethyl adjacent to an activating group) is 1. The first-order chi connectivity index (χ1) is 8.95. The predicted molar refractivity (Wildman–Crippen MR) is 83.7 cm³/mol. The zero-order valence-electron chi connectivity index (χ0n) is 11.9. The van der Waals surface area contributed by atoms with Crippen molar-refractivity contribution in [1.29, 1.82) is 0 Å². The molecule has 0 radical (unpaired) electrons. The van der Waals surface area contributed by atoms with Crippen molar-refractivity contribution in [1.82, 2.24) is 4.90 Å². The highest BCUT2D eigenvalue weighted by molar-refractivity contribution is 9.10. The molecule has 1 heterocycles. The lowest BCUT2D eigenvalue weighted by Crippen LogP contribution is -2.62. The van der Waals surface area contributed by atoms with Gasteiger partial charge in [0.15, 0.2) is 0 Å². The number of aliphatic hydroxyl groups excluding tert-OH is 1. The third kappa shape index (κ3) is 3.12. The molecule has 19 heavy (non-hydrogen) atoms. The van der Waals surface area contributed by atoms with Gasteiger partial charge in [0.2, 0.25) is 0 Å². The monoisotopic (exact) mass is 326 g/mol. The van der Waals surface area contributed by atoms with Crippen molar-refractivity contribution in [2.45, 2.75) is 31.8 Å². The van der Waals surface area contributed by atoms with Crippen molar-refractivity contribution in [3.05, 3.63) is 28.7 Å². The zero-order valence-corrected chi connectivity index (χ0v) is 13.5. The van der Waals surface area contributed by atoms with Crippen molar-refractivity contribution >= 4 is 21.6 Å². The average molecular weight is 327 g/mol. The number of nitrogens with zero attached hydrogens (tertiary/aromatic N) is 2. The number of benzene rings is 1. The van der Waals surface area contributed by atoms with Crippen LogP contribution in [0.1, 0.15) is 20.3 Å². The number of aliphatic hydroxyl groups is 1. The van der Waals surface area contributed by atoms with Gasteiger partial charge in [0.1, 0.15) is 0 Å². The summed E-state index contributed by atoms with van der Waals surface area (Å²) in [5.74, 6) is 0. The molecule has 0 aliphatic carbocycles. The Balaban J connectivity index is 2.25. The van der Waals surface area contributed by atoms with Gasteiger partial charge in [-0.1, -0.05) is 12.1 Å². The zero-order chi connectivity index (χ0) is 14.0. The maximum atomic E-state index is 9.26. The van der Waals surface area contributed by atoms with Gasteiger partial charge >= 0.3 is 0 Å². The van der Waals surface area contributed by atoms with Crippen LogP contribution in [0, 0.1) is 0 Å². The van der Waals surface area contributed by atoms with Crippen LogP contribution in [0.4, 0.5) is 5.69 Å². The maximum absolute atomic E-state index is 9.26. The van der Waals surface area contributed by atoms with Gasteiger partial charge in [-0.05, 0) is 55.4 Å². The first kappa shape index (κ1) is 14.8. The number of piperazine rings is 1. The molecule has 1 atom stereocenters. The van der Waals surface area contributed by atoms with E-state index < -0.39 is 0 Å². The molecule has 0 amide bonds. The highest BCUT2D eigenvalue weighted by atomic mass is 79.9. The van der Waals surface area contributed by atoms with Crippen LogP contribution in [-0.4, -0.2) is 48.3 Å². The van der Waals surface area contributed by atoms with Gasteiger partial charge in [0, 0.05) is 35.7 Å². The number of hydrogen-bond acceptors (Lipinski definition) is 3. The molecule has 1 aliphatic rings. The van der Waals surface area contributed by atoms with Gasteiger partial charge in [0.25, 0.3) is 0 Å². The van der Waals surface area contributed by atoms with E-state index in [2.05, 4.69) is 64.8 Å². The summed E-state index contributed by atoms with van der Waals surface area (Å²) in [6.07, 6.45) is 0.820. The molecule has 0 aromatic heterocycles. The Morgan fingerprint density at radius 1 is 1.37 bits per heavy atom. The summed E-state index contributed by atoms with van der Waals surface area (Å²) in [4.78, 5) is 4.82. The molecule has 1 aromatic carbocycles. The number of rotatable bonds is 3. The average Bonchev–Trinajstić information content (AvgIpc) is 2.35. The number of anilines is 1. The Bertz CT molecular complexity index is 436. The molecule has 2 rings (SSSR count). The van der Waals surface area contributed by atoms with E-state index in [1.165, 1.54) is 5.69 Å². The Morgan fingerprint density at radius 2 is 2.05 bits per heavy atom. The minimum atomic E-state index is 0.105. The molecule has 1 unspecified atom stereocenters. The van der Waals surface area contributed by atoms with E-state index >= 15 is 0 Å². The first-order valence-corrected chi connectivity index (χ1v) is 7.58. The fourth-order valence-corrected chi connectivity index (χ4v) is 3.38. The standard InChI is InChI=1S/C15H23BrN2O/c1-15(2)11-18(10-12(8-9-19)17(15)3)14-7-5-4-6-13(14)16/h4-7,12,19H,8-11H2,1-3H3. The lowest BCUT2D eigenvalue weighted by Gasteiger charge is -2.51. The molecule has 0 bridgehead atoms. The lowest BCUT2D eigenvalue weighted by molar-refractivity contribution is 0.0651. The number of halogens is 1. The Kier molecular flexibility index (Phi) is 4.54. The fourth-order valence-electron chi connectivity index (χ4n) is 2.84. The summed E-state index contributed by atoms with van der Waals surface area (Å²) < 4.78 is 1.14. The Labute approximate surface area is 124 Å². The van der Waals surface area contributed by atoms with E-state index in [1.54, 1.807) is 0 Å². The van der Waals surface area contributed by atoms with Gasteiger partial charge in [-0.3, -0.25) is 4.90 Å². The van der Waals surface area contributed by atoms with Crippen molar-refractivity contribution in [3.63, 3.8) is 0 Å². The van der Waals surface area contributed by atoms with E-state index in [-0.39, 0.29) is 12.1 Å². The summed E-state index contributed by atoms with van der Waals surface area (Å²) in [6.45, 7) is 6.73. The van der Waals surface area contributed by atoms with Crippen molar-refractivity contribution in [2.24, 2.45) is 0 Å². The van der Waals surface area contributed by atoms with E-state index in [1.807, 2.05) is 6.07 Å². The summed E-state index contributed by atoms with van der Waals surface area (Å²) in [5, 5.41) is 9.26. The van der Waals surface area contributed by atoms with Crippen LogP contribution in [0.2, 0.25) is 0 Å². The second-order valence-electron chi connectivity index (χ2n) is 5.92. The second kappa shape index (κ2) is 5.81. The summed E-state index contributed by atoms with van der Waals surface area (Å²) in [5.41, 5.74) is 1.35. The molecule has 4 heteroatoms. The molecule has 1 saturated heterocycles. The molecular weight excluding hydrogens is 304 g/mol. The van der Waals surface area contributed by atoms with Crippen LogP contribution in [0.3, 0.4) is 0 Å². The lowest BCUT2D eigenvalue weighted by atomic mass is 9.94. The highest BCUT2D eigenvalue weighted by Gasteiger charge is 2.37. The Morgan fingerprint density at radius 3 is 2.68 bits per heavy atom. The molecule has 1 N–H and O–H groups in total. The number of para-hydroxylation sites is 1. The SMILES string of the molecule is CN1C(CCO)CN(c2ccccc2Br)CC1(C)C. The molecular formula is C15H23BrN2O. The minimum absolute atomic E-state index is 0.105. The van der Waals surface area contributed by atoms with Crippen LogP contribution in [-0.2, 0) is 0 Å². The molecule has 0 spiro atoms. The summed E-state index contributed by atoms with van der Waals surface area (Å²) >= 11 is 3.64. The predicted octanol–water partition coefficient (Wildman–Crippen LogP) is 2.73. The van der Waals surface area contributed by atoms with Crippen LogP contribution in [0.15, 0.2) is 28.7 Å². The van der Waals surface area contributed by atoms with E-state index in [4.69, 9.17) is 0 Å². The van der Waals surface area contributed by atoms with Crippen molar-refractivity contribution in [3.8, 4) is 0 Å². The van der Waals surface area contributed by atoms with Crippen LogP contribution < -0.4 is 4.90 Å². The van der Waals surface area contributed by atoms with Crippen LogP contribution in [0.25, 0.3) is 0 Å². The fraction of sp³-hybridized carbons (Fsp3) is 0.600. The highest BCUT2D eigenvalue weighted by Crippen LogP contribution is 2.32. The normalized spacial score (nSPS) is 23.6. The third-order valence-corrected chi connectivity index (χ3v) is 4.84. The van der Waals surface area contributed by atoms with Crippen molar-refractivity contribution in [2.75, 3.05) is 31.6 Å². The van der Waals surface area contributed by atoms with Crippen LogP contribution in [0.5, 0.6) is 0 Å².